The molecule has 10 heteroatoms. The highest BCUT2D eigenvalue weighted by atomic mass is 35.5. The predicted molar refractivity (Wildman–Crippen MR) is 107 cm³/mol. The van der Waals surface area contributed by atoms with Crippen LogP contribution in [0.3, 0.4) is 0 Å². The lowest BCUT2D eigenvalue weighted by atomic mass is 10.1. The quantitative estimate of drug-likeness (QED) is 0.462. The number of carbonyl (C=O) groups excluding carboxylic acids is 1. The maximum atomic E-state index is 13.2. The Bertz CT molecular complexity index is 1210. The van der Waals surface area contributed by atoms with Gasteiger partial charge in [-0.1, -0.05) is 23.7 Å². The highest BCUT2D eigenvalue weighted by Gasteiger charge is 2.17. The van der Waals surface area contributed by atoms with Gasteiger partial charge in [-0.2, -0.15) is 0 Å². The minimum absolute atomic E-state index is 0.0353. The monoisotopic (exact) mass is 411 g/mol. The zero-order chi connectivity index (χ0) is 20.5. The van der Waals surface area contributed by atoms with Crippen molar-refractivity contribution in [2.75, 3.05) is 5.32 Å². The largest absolute Gasteiger partial charge is 0.364 e. The predicted octanol–water partition coefficient (Wildman–Crippen LogP) is 3.48. The summed E-state index contributed by atoms with van der Waals surface area (Å²) in [5.41, 5.74) is 7.82. The first kappa shape index (κ1) is 18.8. The number of H-pyrrole nitrogens is 1. The number of rotatable bonds is 5. The van der Waals surface area contributed by atoms with E-state index in [2.05, 4.69) is 30.2 Å². The molecule has 8 nitrogen and oxygen atoms in total. The van der Waals surface area contributed by atoms with Gasteiger partial charge in [0, 0.05) is 18.3 Å². The molecule has 0 fully saturated rings. The van der Waals surface area contributed by atoms with Crippen LogP contribution in [-0.4, -0.2) is 30.8 Å². The van der Waals surface area contributed by atoms with Gasteiger partial charge in [-0.3, -0.25) is 4.79 Å². The second kappa shape index (κ2) is 7.44. The molecule has 0 aliphatic carbocycles. The molecule has 0 radical (unpaired) electrons. The highest BCUT2D eigenvalue weighted by molar-refractivity contribution is 6.29. The van der Waals surface area contributed by atoms with Crippen molar-refractivity contribution >= 4 is 34.5 Å². The van der Waals surface area contributed by atoms with Crippen LogP contribution >= 0.6 is 11.6 Å². The molecule has 0 aliphatic heterocycles. The number of aromatic amines is 1. The smallest absolute Gasteiger partial charge is 0.267 e. The Balaban J connectivity index is 1.75. The van der Waals surface area contributed by atoms with E-state index >= 15 is 0 Å². The van der Waals surface area contributed by atoms with E-state index in [-0.39, 0.29) is 28.5 Å². The van der Waals surface area contributed by atoms with Crippen molar-refractivity contribution in [2.24, 2.45) is 5.73 Å². The average molecular weight is 412 g/mol. The SMILES string of the molecule is C[C@H](Nc1cc(C(N)=O)nc(-c2c[nH]c3ncc(Cl)nc23)n1)c1ccc(F)cc1. The number of aromatic nitrogens is 5. The Labute approximate surface area is 169 Å². The lowest BCUT2D eigenvalue weighted by Gasteiger charge is -2.16. The summed E-state index contributed by atoms with van der Waals surface area (Å²) in [6.07, 6.45) is 3.05. The maximum Gasteiger partial charge on any atom is 0.267 e. The fourth-order valence-corrected chi connectivity index (χ4v) is 3.00. The van der Waals surface area contributed by atoms with Crippen LogP contribution in [0.4, 0.5) is 10.2 Å². The third kappa shape index (κ3) is 3.85. The Morgan fingerprint density at radius 3 is 2.72 bits per heavy atom. The lowest BCUT2D eigenvalue weighted by molar-refractivity contribution is 0.0995. The minimum atomic E-state index is -0.699. The molecule has 146 valence electrons. The van der Waals surface area contributed by atoms with E-state index in [1.165, 1.54) is 24.4 Å². The summed E-state index contributed by atoms with van der Waals surface area (Å²) in [6, 6.07) is 7.34. The number of benzene rings is 1. The Morgan fingerprint density at radius 1 is 1.24 bits per heavy atom. The molecule has 0 bridgehead atoms. The molecule has 0 spiro atoms. The molecule has 1 amide bonds. The Hall–Kier alpha value is -3.59. The van der Waals surface area contributed by atoms with Crippen molar-refractivity contribution in [2.45, 2.75) is 13.0 Å². The molecule has 1 aromatic carbocycles. The van der Waals surface area contributed by atoms with Crippen molar-refractivity contribution in [3.63, 3.8) is 0 Å². The lowest BCUT2D eigenvalue weighted by Crippen LogP contribution is -2.16. The molecule has 0 unspecified atom stereocenters. The summed E-state index contributed by atoms with van der Waals surface area (Å²) in [5, 5.41) is 3.40. The molecular weight excluding hydrogens is 397 g/mol. The summed E-state index contributed by atoms with van der Waals surface area (Å²) in [6.45, 7) is 1.88. The van der Waals surface area contributed by atoms with Gasteiger partial charge in [-0.15, -0.1) is 0 Å². The van der Waals surface area contributed by atoms with Gasteiger partial charge in [-0.05, 0) is 24.6 Å². The zero-order valence-electron chi connectivity index (χ0n) is 15.1. The fourth-order valence-electron chi connectivity index (χ4n) is 2.86. The summed E-state index contributed by atoms with van der Waals surface area (Å²) < 4.78 is 13.2. The van der Waals surface area contributed by atoms with Gasteiger partial charge >= 0.3 is 0 Å². The van der Waals surface area contributed by atoms with E-state index in [0.717, 1.165) is 5.56 Å². The number of carbonyl (C=O) groups is 1. The molecule has 3 aromatic heterocycles. The van der Waals surface area contributed by atoms with E-state index in [1.54, 1.807) is 18.3 Å². The topological polar surface area (TPSA) is 122 Å². The van der Waals surface area contributed by atoms with Crippen LogP contribution in [0, 0.1) is 5.82 Å². The fraction of sp³-hybridized carbons (Fsp3) is 0.105. The molecule has 29 heavy (non-hydrogen) atoms. The Kier molecular flexibility index (Phi) is 4.81. The highest BCUT2D eigenvalue weighted by Crippen LogP contribution is 2.27. The van der Waals surface area contributed by atoms with Crippen LogP contribution in [0.5, 0.6) is 0 Å². The van der Waals surface area contributed by atoms with E-state index in [1.807, 2.05) is 6.92 Å². The summed E-state index contributed by atoms with van der Waals surface area (Å²) >= 11 is 5.95. The number of anilines is 1. The van der Waals surface area contributed by atoms with Crippen LogP contribution in [0.15, 0.2) is 42.7 Å². The molecule has 4 rings (SSSR count). The van der Waals surface area contributed by atoms with E-state index < -0.39 is 5.91 Å². The van der Waals surface area contributed by atoms with Gasteiger partial charge < -0.3 is 16.0 Å². The van der Waals surface area contributed by atoms with Crippen molar-refractivity contribution in [3.8, 4) is 11.4 Å². The van der Waals surface area contributed by atoms with E-state index in [0.29, 0.717) is 22.5 Å². The normalized spacial score (nSPS) is 12.1. The third-order valence-electron chi connectivity index (χ3n) is 4.31. The maximum absolute atomic E-state index is 13.2. The molecule has 0 saturated carbocycles. The number of halogens is 2. The van der Waals surface area contributed by atoms with Crippen LogP contribution in [0.25, 0.3) is 22.6 Å². The number of primary amides is 1. The third-order valence-corrected chi connectivity index (χ3v) is 4.49. The molecule has 1 atom stereocenters. The Morgan fingerprint density at radius 2 is 2.00 bits per heavy atom. The first-order valence-electron chi connectivity index (χ1n) is 8.61. The van der Waals surface area contributed by atoms with Gasteiger partial charge in [-0.25, -0.2) is 24.3 Å². The van der Waals surface area contributed by atoms with Gasteiger partial charge in [0.1, 0.15) is 28.0 Å². The van der Waals surface area contributed by atoms with Crippen molar-refractivity contribution in [3.05, 3.63) is 65.0 Å². The molecule has 4 N–H and O–H groups in total. The van der Waals surface area contributed by atoms with Gasteiger partial charge in [0.2, 0.25) is 0 Å². The van der Waals surface area contributed by atoms with Gasteiger partial charge in [0.25, 0.3) is 5.91 Å². The number of nitrogens with zero attached hydrogens (tertiary/aromatic N) is 4. The summed E-state index contributed by atoms with van der Waals surface area (Å²) in [4.78, 5) is 31.9. The first-order chi connectivity index (χ1) is 13.9. The number of hydrogen-bond acceptors (Lipinski definition) is 6. The van der Waals surface area contributed by atoms with Gasteiger partial charge in [0.05, 0.1) is 11.8 Å². The minimum Gasteiger partial charge on any atom is -0.364 e. The number of nitrogens with one attached hydrogen (secondary N) is 2. The van der Waals surface area contributed by atoms with Crippen LogP contribution < -0.4 is 11.1 Å². The number of amides is 1. The molecule has 0 aliphatic rings. The van der Waals surface area contributed by atoms with Crippen LogP contribution in [0.2, 0.25) is 5.15 Å². The van der Waals surface area contributed by atoms with Crippen LogP contribution in [0.1, 0.15) is 29.0 Å². The van der Waals surface area contributed by atoms with Crippen molar-refractivity contribution < 1.29 is 9.18 Å². The number of fused-ring (bicyclic) bond motifs is 1. The summed E-state index contributed by atoms with van der Waals surface area (Å²) in [5.74, 6) is -0.404. The standard InChI is InChI=1S/C19H15ClFN7O/c1-9(10-2-4-11(21)5-3-10)25-15-6-13(17(22)29)26-18(28-15)12-7-23-19-16(12)27-14(20)8-24-19/h2-9H,1H3,(H2,22,29)(H,23,24)(H,25,26,28)/t9-/m0/s1. The molecule has 0 saturated heterocycles. The summed E-state index contributed by atoms with van der Waals surface area (Å²) in [7, 11) is 0. The van der Waals surface area contributed by atoms with Crippen LogP contribution in [-0.2, 0) is 0 Å². The first-order valence-corrected chi connectivity index (χ1v) is 8.99. The average Bonchev–Trinajstić information content (AvgIpc) is 3.11. The second-order valence-corrected chi connectivity index (χ2v) is 6.72. The van der Waals surface area contributed by atoms with Crippen molar-refractivity contribution in [1.82, 2.24) is 24.9 Å². The molecule has 4 aromatic rings. The number of hydrogen-bond donors (Lipinski definition) is 3. The van der Waals surface area contributed by atoms with Crippen molar-refractivity contribution in [1.29, 1.82) is 0 Å². The van der Waals surface area contributed by atoms with E-state index in [9.17, 15) is 9.18 Å². The van der Waals surface area contributed by atoms with E-state index in [4.69, 9.17) is 17.3 Å². The second-order valence-electron chi connectivity index (χ2n) is 6.34. The molecule has 3 heterocycles. The number of nitrogens with two attached hydrogens (primary N) is 1. The zero-order valence-corrected chi connectivity index (χ0v) is 15.9. The van der Waals surface area contributed by atoms with Gasteiger partial charge in [0.15, 0.2) is 11.5 Å². The molecular formula is C19H15ClFN7O.